The van der Waals surface area contributed by atoms with E-state index in [0.29, 0.717) is 19.3 Å². The van der Waals surface area contributed by atoms with Gasteiger partial charge in [0.15, 0.2) is 5.78 Å². The zero-order valence-corrected chi connectivity index (χ0v) is 19.7. The molecule has 2 amide bonds. The molecule has 0 heterocycles. The Hall–Kier alpha value is -1.83. The van der Waals surface area contributed by atoms with E-state index in [1.807, 2.05) is 0 Å². The van der Waals surface area contributed by atoms with Gasteiger partial charge in [-0.2, -0.15) is 0 Å². The van der Waals surface area contributed by atoms with Crippen molar-refractivity contribution in [1.29, 1.82) is 0 Å². The van der Waals surface area contributed by atoms with Gasteiger partial charge >= 0.3 is 12.2 Å². The predicted molar refractivity (Wildman–Crippen MR) is 114 cm³/mol. The largest absolute Gasteiger partial charge is 0.444 e. The van der Waals surface area contributed by atoms with Crippen molar-refractivity contribution >= 4 is 18.0 Å². The second-order valence-corrected chi connectivity index (χ2v) is 9.22. The minimum Gasteiger partial charge on any atom is -0.444 e. The quantitative estimate of drug-likeness (QED) is 0.730. The van der Waals surface area contributed by atoms with Crippen molar-refractivity contribution in [3.63, 3.8) is 0 Å². The predicted octanol–water partition coefficient (Wildman–Crippen LogP) is 3.48. The SMILES string of the molecule is CC(C)(C)OC(=O)N[C@@H]1CCCC(=O)[C@@H]1NC(=O)OC(C)(C)C.CCN(C)CC. The molecule has 0 aromatic carbocycles. The van der Waals surface area contributed by atoms with Gasteiger partial charge in [-0.3, -0.25) is 4.79 Å². The molecule has 1 aliphatic carbocycles. The number of carbonyl (C=O) groups excluding carboxylic acids is 3. The van der Waals surface area contributed by atoms with Gasteiger partial charge in [-0.15, -0.1) is 0 Å². The van der Waals surface area contributed by atoms with Crippen LogP contribution >= 0.6 is 0 Å². The van der Waals surface area contributed by atoms with E-state index in [9.17, 15) is 14.4 Å². The van der Waals surface area contributed by atoms with Crippen LogP contribution in [0.3, 0.4) is 0 Å². The molecule has 2 N–H and O–H groups in total. The first kappa shape index (κ1) is 27.2. The van der Waals surface area contributed by atoms with Crippen LogP contribution in [-0.4, -0.2) is 66.3 Å². The Labute approximate surface area is 176 Å². The van der Waals surface area contributed by atoms with Crippen LogP contribution in [0, 0.1) is 0 Å². The fraction of sp³-hybridized carbons (Fsp3) is 0.857. The van der Waals surface area contributed by atoms with Gasteiger partial charge in [0.2, 0.25) is 0 Å². The van der Waals surface area contributed by atoms with Crippen molar-refractivity contribution in [2.24, 2.45) is 0 Å². The highest BCUT2D eigenvalue weighted by molar-refractivity contribution is 5.89. The molecule has 0 spiro atoms. The zero-order valence-electron chi connectivity index (χ0n) is 19.7. The molecule has 0 aromatic rings. The highest BCUT2D eigenvalue weighted by atomic mass is 16.6. The van der Waals surface area contributed by atoms with Crippen LogP contribution in [-0.2, 0) is 14.3 Å². The second-order valence-electron chi connectivity index (χ2n) is 9.22. The molecule has 8 heteroatoms. The number of rotatable bonds is 4. The van der Waals surface area contributed by atoms with Crippen molar-refractivity contribution in [3.8, 4) is 0 Å². The van der Waals surface area contributed by atoms with Gasteiger partial charge in [0.25, 0.3) is 0 Å². The molecule has 29 heavy (non-hydrogen) atoms. The van der Waals surface area contributed by atoms with Crippen LogP contribution in [0.5, 0.6) is 0 Å². The van der Waals surface area contributed by atoms with E-state index in [1.165, 1.54) is 0 Å². The lowest BCUT2D eigenvalue weighted by atomic mass is 9.89. The first-order valence-electron chi connectivity index (χ1n) is 10.4. The Balaban J connectivity index is 0.00000113. The molecule has 1 saturated carbocycles. The number of hydrogen-bond donors (Lipinski definition) is 2. The van der Waals surface area contributed by atoms with Crippen LogP contribution in [0.4, 0.5) is 9.59 Å². The number of nitrogens with one attached hydrogen (secondary N) is 2. The fourth-order valence-electron chi connectivity index (χ4n) is 2.50. The lowest BCUT2D eigenvalue weighted by Crippen LogP contribution is -2.58. The Morgan fingerprint density at radius 3 is 1.79 bits per heavy atom. The summed E-state index contributed by atoms with van der Waals surface area (Å²) in [5.41, 5.74) is -1.28. The number of nitrogens with zero attached hydrogens (tertiary/aromatic N) is 1. The van der Waals surface area contributed by atoms with Crippen LogP contribution in [0.2, 0.25) is 0 Å². The van der Waals surface area contributed by atoms with Crippen molar-refractivity contribution in [3.05, 3.63) is 0 Å². The molecule has 170 valence electrons. The van der Waals surface area contributed by atoms with Gasteiger partial charge in [-0.25, -0.2) is 9.59 Å². The molecule has 2 atom stereocenters. The molecular weight excluding hydrogens is 374 g/mol. The first-order valence-corrected chi connectivity index (χ1v) is 10.4. The Morgan fingerprint density at radius 1 is 0.966 bits per heavy atom. The van der Waals surface area contributed by atoms with Crippen LogP contribution in [0.15, 0.2) is 0 Å². The number of amides is 2. The highest BCUT2D eigenvalue weighted by Crippen LogP contribution is 2.18. The Kier molecular flexibility index (Phi) is 11.2. The van der Waals surface area contributed by atoms with Crippen molar-refractivity contribution in [1.82, 2.24) is 15.5 Å². The van der Waals surface area contributed by atoms with E-state index in [4.69, 9.17) is 9.47 Å². The third-order valence-electron chi connectivity index (χ3n) is 4.14. The molecule has 1 aliphatic rings. The van der Waals surface area contributed by atoms with E-state index in [-0.39, 0.29) is 5.78 Å². The van der Waals surface area contributed by atoms with Crippen molar-refractivity contribution in [2.75, 3.05) is 20.1 Å². The number of ether oxygens (including phenoxy) is 2. The summed E-state index contributed by atoms with van der Waals surface area (Å²) >= 11 is 0. The molecule has 0 unspecified atom stereocenters. The monoisotopic (exact) mass is 415 g/mol. The normalized spacial score (nSPS) is 19.7. The number of ketones is 1. The van der Waals surface area contributed by atoms with E-state index in [1.54, 1.807) is 41.5 Å². The van der Waals surface area contributed by atoms with Gasteiger partial charge in [0, 0.05) is 6.42 Å². The lowest BCUT2D eigenvalue weighted by molar-refractivity contribution is -0.123. The van der Waals surface area contributed by atoms with Crippen LogP contribution < -0.4 is 10.6 Å². The molecule has 1 fully saturated rings. The summed E-state index contributed by atoms with van der Waals surface area (Å²) in [7, 11) is 2.11. The summed E-state index contributed by atoms with van der Waals surface area (Å²) in [4.78, 5) is 38.2. The first-order chi connectivity index (χ1) is 13.2. The molecule has 0 aliphatic heterocycles. The molecule has 0 radical (unpaired) electrons. The summed E-state index contributed by atoms with van der Waals surface area (Å²) < 4.78 is 10.4. The highest BCUT2D eigenvalue weighted by Gasteiger charge is 2.36. The number of Topliss-reactive ketones (excluding diaryl/α,β-unsaturated/α-hetero) is 1. The second kappa shape index (κ2) is 12.0. The average molecular weight is 416 g/mol. The lowest BCUT2D eigenvalue weighted by Gasteiger charge is -2.32. The maximum absolute atomic E-state index is 12.1. The Morgan fingerprint density at radius 2 is 1.41 bits per heavy atom. The molecule has 1 rings (SSSR count). The van der Waals surface area contributed by atoms with Crippen LogP contribution in [0.1, 0.15) is 74.7 Å². The summed E-state index contributed by atoms with van der Waals surface area (Å²) in [5.74, 6) is -0.122. The zero-order chi connectivity index (χ0) is 22.8. The van der Waals surface area contributed by atoms with Gasteiger partial charge in [-0.1, -0.05) is 13.8 Å². The summed E-state index contributed by atoms with van der Waals surface area (Å²) in [5, 5.41) is 5.23. The van der Waals surface area contributed by atoms with Gasteiger partial charge < -0.3 is 25.0 Å². The van der Waals surface area contributed by atoms with Gasteiger partial charge in [0.05, 0.1) is 6.04 Å². The molecular formula is C21H41N3O5. The van der Waals surface area contributed by atoms with E-state index < -0.39 is 35.5 Å². The summed E-state index contributed by atoms with van der Waals surface area (Å²) in [6.45, 7) is 17.1. The number of alkyl carbamates (subject to hydrolysis) is 2. The third-order valence-corrected chi connectivity index (χ3v) is 4.14. The van der Waals surface area contributed by atoms with Crippen molar-refractivity contribution in [2.45, 2.75) is 97.9 Å². The maximum Gasteiger partial charge on any atom is 0.408 e. The molecule has 8 nitrogen and oxygen atoms in total. The summed E-state index contributed by atoms with van der Waals surface area (Å²) in [6, 6.07) is -1.30. The average Bonchev–Trinajstić information content (AvgIpc) is 2.54. The van der Waals surface area contributed by atoms with E-state index in [0.717, 1.165) is 13.1 Å². The standard InChI is InChI=1S/C16H28N2O5.C5H13N/c1-15(2,3)22-13(20)17-10-8-7-9-11(19)12(10)18-14(21)23-16(4,5)6;1-4-6(3)5-2/h10,12H,7-9H2,1-6H3,(H,17,20)(H,18,21);4-5H2,1-3H3/t10-,12-;/m1./s1. The molecule has 0 saturated heterocycles. The minimum atomic E-state index is -0.800. The summed E-state index contributed by atoms with van der Waals surface area (Å²) in [6.07, 6.45) is 0.339. The smallest absolute Gasteiger partial charge is 0.408 e. The van der Waals surface area contributed by atoms with Gasteiger partial charge in [0.1, 0.15) is 17.2 Å². The fourth-order valence-corrected chi connectivity index (χ4v) is 2.50. The molecule has 0 aromatic heterocycles. The minimum absolute atomic E-state index is 0.122. The number of hydrogen-bond acceptors (Lipinski definition) is 6. The maximum atomic E-state index is 12.1. The van der Waals surface area contributed by atoms with Crippen LogP contribution in [0.25, 0.3) is 0 Å². The topological polar surface area (TPSA) is 97.0 Å². The van der Waals surface area contributed by atoms with E-state index in [2.05, 4.69) is 36.4 Å². The molecule has 0 bridgehead atoms. The van der Waals surface area contributed by atoms with E-state index >= 15 is 0 Å². The third kappa shape index (κ3) is 13.1. The Bertz CT molecular complexity index is 533. The van der Waals surface area contributed by atoms with Crippen molar-refractivity contribution < 1.29 is 23.9 Å². The number of carbonyl (C=O) groups is 3. The van der Waals surface area contributed by atoms with Gasteiger partial charge in [-0.05, 0) is 74.5 Å².